The molecule has 2 rings (SSSR count). The Hall–Kier alpha value is -0.610. The highest BCUT2D eigenvalue weighted by Gasteiger charge is 2.44. The van der Waals surface area contributed by atoms with Gasteiger partial charge in [-0.15, -0.1) is 0 Å². The molecular weight excluding hydrogens is 262 g/mol. The molecule has 2 atom stereocenters. The molecule has 122 valence electrons. The molecule has 1 heterocycles. The molecule has 0 aromatic heterocycles. The Kier molecular flexibility index (Phi) is 5.31. The Morgan fingerprint density at radius 2 is 1.90 bits per heavy atom. The van der Waals surface area contributed by atoms with Gasteiger partial charge in [0, 0.05) is 19.6 Å². The molecule has 1 aliphatic carbocycles. The van der Waals surface area contributed by atoms with Crippen molar-refractivity contribution in [1.29, 1.82) is 0 Å². The average molecular weight is 295 g/mol. The van der Waals surface area contributed by atoms with Gasteiger partial charge in [-0.3, -0.25) is 9.69 Å². The van der Waals surface area contributed by atoms with E-state index in [1.54, 1.807) is 0 Å². The van der Waals surface area contributed by atoms with Crippen LogP contribution in [-0.4, -0.2) is 42.5 Å². The van der Waals surface area contributed by atoms with Crippen LogP contribution >= 0.6 is 0 Å². The number of carbonyl (C=O) groups excluding carboxylic acids is 1. The van der Waals surface area contributed by atoms with Gasteiger partial charge in [0.05, 0.1) is 0 Å². The van der Waals surface area contributed by atoms with Crippen molar-refractivity contribution in [3.8, 4) is 0 Å². The average Bonchev–Trinajstić information content (AvgIpc) is 2.79. The Labute approximate surface area is 129 Å². The van der Waals surface area contributed by atoms with Crippen LogP contribution < -0.4 is 11.1 Å². The maximum atomic E-state index is 12.4. The molecule has 2 aliphatic rings. The molecule has 0 aromatic rings. The molecule has 2 fully saturated rings. The molecule has 1 amide bonds. The topological polar surface area (TPSA) is 58.4 Å². The van der Waals surface area contributed by atoms with Crippen LogP contribution in [0.15, 0.2) is 0 Å². The van der Waals surface area contributed by atoms with E-state index in [1.807, 2.05) is 0 Å². The van der Waals surface area contributed by atoms with Crippen molar-refractivity contribution in [2.24, 2.45) is 17.1 Å². The smallest absolute Gasteiger partial charge is 0.237 e. The van der Waals surface area contributed by atoms with Gasteiger partial charge in [-0.25, -0.2) is 0 Å². The van der Waals surface area contributed by atoms with Gasteiger partial charge in [-0.05, 0) is 50.0 Å². The molecule has 4 heteroatoms. The molecule has 1 saturated carbocycles. The van der Waals surface area contributed by atoms with Crippen molar-refractivity contribution >= 4 is 5.91 Å². The Morgan fingerprint density at radius 3 is 2.57 bits per heavy atom. The van der Waals surface area contributed by atoms with Gasteiger partial charge in [0.15, 0.2) is 0 Å². The predicted octanol–water partition coefficient (Wildman–Crippen LogP) is 2.13. The molecule has 21 heavy (non-hydrogen) atoms. The number of hydrogen-bond acceptors (Lipinski definition) is 3. The zero-order valence-electron chi connectivity index (χ0n) is 14.1. The van der Waals surface area contributed by atoms with Gasteiger partial charge < -0.3 is 11.1 Å². The monoisotopic (exact) mass is 295 g/mol. The molecule has 1 aliphatic heterocycles. The van der Waals surface area contributed by atoms with E-state index < -0.39 is 5.54 Å². The summed E-state index contributed by atoms with van der Waals surface area (Å²) in [6.45, 7) is 10.9. The molecule has 2 unspecified atom stereocenters. The standard InChI is InChI=1S/C17H33N3O/c1-16(2,3)14-6-4-8-17(9-7-14,15(18)21)20-12-5-10-19-11-13-20/h14,19H,4-13H2,1-3H3,(H2,18,21). The van der Waals surface area contributed by atoms with Crippen molar-refractivity contribution in [1.82, 2.24) is 10.2 Å². The third-order valence-corrected chi connectivity index (χ3v) is 5.68. The highest BCUT2D eigenvalue weighted by molar-refractivity contribution is 5.84. The molecule has 3 N–H and O–H groups in total. The quantitative estimate of drug-likeness (QED) is 0.767. The van der Waals surface area contributed by atoms with Crippen LogP contribution in [0, 0.1) is 11.3 Å². The van der Waals surface area contributed by atoms with Crippen molar-refractivity contribution in [3.05, 3.63) is 0 Å². The van der Waals surface area contributed by atoms with Crippen LogP contribution in [0.25, 0.3) is 0 Å². The van der Waals surface area contributed by atoms with Gasteiger partial charge in [0.2, 0.25) is 5.91 Å². The predicted molar refractivity (Wildman–Crippen MR) is 87.0 cm³/mol. The van der Waals surface area contributed by atoms with Crippen LogP contribution in [0.2, 0.25) is 0 Å². The van der Waals surface area contributed by atoms with Gasteiger partial charge in [0.1, 0.15) is 5.54 Å². The summed E-state index contributed by atoms with van der Waals surface area (Å²) in [7, 11) is 0. The summed E-state index contributed by atoms with van der Waals surface area (Å²) in [5, 5.41) is 3.43. The first-order valence-electron chi connectivity index (χ1n) is 8.62. The summed E-state index contributed by atoms with van der Waals surface area (Å²) in [6.07, 6.45) is 6.45. The number of nitrogens with two attached hydrogens (primary N) is 1. The van der Waals surface area contributed by atoms with Gasteiger partial charge >= 0.3 is 0 Å². The number of amides is 1. The third-order valence-electron chi connectivity index (χ3n) is 5.68. The van der Waals surface area contributed by atoms with Crippen LogP contribution in [0.3, 0.4) is 0 Å². The lowest BCUT2D eigenvalue weighted by Gasteiger charge is -2.41. The normalized spacial score (nSPS) is 33.2. The maximum Gasteiger partial charge on any atom is 0.237 e. The van der Waals surface area contributed by atoms with E-state index in [9.17, 15) is 4.79 Å². The van der Waals surface area contributed by atoms with Crippen molar-refractivity contribution in [3.63, 3.8) is 0 Å². The number of nitrogens with zero attached hydrogens (tertiary/aromatic N) is 1. The van der Waals surface area contributed by atoms with Crippen LogP contribution in [-0.2, 0) is 4.79 Å². The van der Waals surface area contributed by atoms with Gasteiger partial charge in [0.25, 0.3) is 0 Å². The first-order chi connectivity index (χ1) is 9.86. The highest BCUT2D eigenvalue weighted by atomic mass is 16.1. The highest BCUT2D eigenvalue weighted by Crippen LogP contribution is 2.41. The molecule has 1 saturated heterocycles. The van der Waals surface area contributed by atoms with E-state index in [0.29, 0.717) is 11.3 Å². The molecule has 0 radical (unpaired) electrons. The van der Waals surface area contributed by atoms with E-state index >= 15 is 0 Å². The fraction of sp³-hybridized carbons (Fsp3) is 0.941. The van der Waals surface area contributed by atoms with E-state index in [-0.39, 0.29) is 5.91 Å². The fourth-order valence-electron chi connectivity index (χ4n) is 4.18. The van der Waals surface area contributed by atoms with Crippen LogP contribution in [0.4, 0.5) is 0 Å². The minimum Gasteiger partial charge on any atom is -0.368 e. The van der Waals surface area contributed by atoms with Crippen molar-refractivity contribution < 1.29 is 4.79 Å². The first kappa shape index (κ1) is 16.8. The third kappa shape index (κ3) is 3.78. The Balaban J connectivity index is 2.16. The molecule has 0 spiro atoms. The first-order valence-corrected chi connectivity index (χ1v) is 8.62. The summed E-state index contributed by atoms with van der Waals surface area (Å²) in [4.78, 5) is 14.7. The number of hydrogen-bond donors (Lipinski definition) is 2. The van der Waals surface area contributed by atoms with Crippen molar-refractivity contribution in [2.45, 2.75) is 64.8 Å². The number of rotatable bonds is 2. The minimum atomic E-state index is -0.397. The largest absolute Gasteiger partial charge is 0.368 e. The second-order valence-electron chi connectivity index (χ2n) is 7.98. The Bertz CT molecular complexity index is 356. The Morgan fingerprint density at radius 1 is 1.14 bits per heavy atom. The molecule has 4 nitrogen and oxygen atoms in total. The lowest BCUT2D eigenvalue weighted by Crippen LogP contribution is -2.58. The second-order valence-corrected chi connectivity index (χ2v) is 7.98. The summed E-state index contributed by atoms with van der Waals surface area (Å²) in [5.41, 5.74) is 5.84. The SMILES string of the molecule is CC(C)(C)C1CCCC(C(N)=O)(N2CCCNCC2)CC1. The summed E-state index contributed by atoms with van der Waals surface area (Å²) >= 11 is 0. The van der Waals surface area contributed by atoms with Crippen molar-refractivity contribution in [2.75, 3.05) is 26.2 Å². The van der Waals surface area contributed by atoms with Crippen LogP contribution in [0.5, 0.6) is 0 Å². The molecular formula is C17H33N3O. The van der Waals surface area contributed by atoms with E-state index in [2.05, 4.69) is 31.0 Å². The van der Waals surface area contributed by atoms with Gasteiger partial charge in [-0.1, -0.05) is 27.2 Å². The summed E-state index contributed by atoms with van der Waals surface area (Å²) in [6, 6.07) is 0. The number of primary amides is 1. The molecule has 0 bridgehead atoms. The zero-order valence-corrected chi connectivity index (χ0v) is 14.1. The lowest BCUT2D eigenvalue weighted by atomic mass is 9.76. The number of nitrogens with one attached hydrogen (secondary N) is 1. The number of carbonyl (C=O) groups is 1. The maximum absolute atomic E-state index is 12.4. The lowest BCUT2D eigenvalue weighted by molar-refractivity contribution is -0.131. The summed E-state index contributed by atoms with van der Waals surface area (Å²) < 4.78 is 0. The summed E-state index contributed by atoms with van der Waals surface area (Å²) in [5.74, 6) is 0.600. The minimum absolute atomic E-state index is 0.0982. The molecule has 0 aromatic carbocycles. The zero-order chi connectivity index (χ0) is 15.5. The van der Waals surface area contributed by atoms with Gasteiger partial charge in [-0.2, -0.15) is 0 Å². The van der Waals surface area contributed by atoms with E-state index in [1.165, 1.54) is 6.42 Å². The van der Waals surface area contributed by atoms with E-state index in [4.69, 9.17) is 5.73 Å². The fourth-order valence-corrected chi connectivity index (χ4v) is 4.18. The second kappa shape index (κ2) is 6.66. The van der Waals surface area contributed by atoms with Crippen LogP contribution in [0.1, 0.15) is 59.3 Å². The van der Waals surface area contributed by atoms with E-state index in [0.717, 1.165) is 58.3 Å².